The average molecular weight is 629 g/mol. The lowest BCUT2D eigenvalue weighted by Gasteiger charge is -2.26. The predicted molar refractivity (Wildman–Crippen MR) is 165 cm³/mol. The minimum absolute atomic E-state index is 0.00517. The number of alkyl halides is 1. The molecule has 43 heavy (non-hydrogen) atoms. The van der Waals surface area contributed by atoms with Gasteiger partial charge in [-0.25, -0.2) is 9.18 Å². The highest BCUT2D eigenvalue weighted by molar-refractivity contribution is 6.39. The number of aromatic carboxylic acids is 1. The van der Waals surface area contributed by atoms with E-state index in [1.807, 2.05) is 12.1 Å². The van der Waals surface area contributed by atoms with Crippen molar-refractivity contribution in [3.8, 4) is 11.5 Å². The summed E-state index contributed by atoms with van der Waals surface area (Å²) in [4.78, 5) is 25.9. The van der Waals surface area contributed by atoms with Crippen molar-refractivity contribution < 1.29 is 28.6 Å². The van der Waals surface area contributed by atoms with Crippen LogP contribution in [0.4, 0.5) is 15.8 Å². The first kappa shape index (κ1) is 30.5. The zero-order chi connectivity index (χ0) is 30.5. The van der Waals surface area contributed by atoms with E-state index >= 15 is 0 Å². The molecule has 3 aromatic rings. The van der Waals surface area contributed by atoms with Gasteiger partial charge in [0.1, 0.15) is 30.1 Å². The molecule has 1 amide bonds. The Balaban J connectivity index is 1.25. The number of carboxylic acid groups (broad SMARTS) is 1. The van der Waals surface area contributed by atoms with Crippen molar-refractivity contribution in [2.24, 2.45) is 0 Å². The van der Waals surface area contributed by atoms with E-state index in [4.69, 9.17) is 37.8 Å². The second-order valence-corrected chi connectivity index (χ2v) is 11.4. The molecule has 3 N–H and O–H groups in total. The molecule has 0 bridgehead atoms. The normalized spacial score (nSPS) is 17.7. The Morgan fingerprint density at radius 1 is 1.05 bits per heavy atom. The molecule has 1 aliphatic heterocycles. The quantitative estimate of drug-likeness (QED) is 0.207. The van der Waals surface area contributed by atoms with Crippen LogP contribution >= 0.6 is 23.2 Å². The first-order valence-electron chi connectivity index (χ1n) is 14.0. The van der Waals surface area contributed by atoms with E-state index in [2.05, 4.69) is 10.6 Å². The number of carboxylic acids is 1. The number of halogens is 3. The van der Waals surface area contributed by atoms with Gasteiger partial charge in [0.15, 0.2) is 0 Å². The molecule has 11 heteroatoms. The summed E-state index contributed by atoms with van der Waals surface area (Å²) in [7, 11) is 1.56. The molecule has 1 saturated carbocycles. The average Bonchev–Trinajstić information content (AvgIpc) is 3.34. The van der Waals surface area contributed by atoms with E-state index in [0.717, 1.165) is 30.6 Å². The fourth-order valence-electron chi connectivity index (χ4n) is 5.12. The second kappa shape index (κ2) is 13.6. The van der Waals surface area contributed by atoms with E-state index in [-0.39, 0.29) is 37.5 Å². The topological polar surface area (TPSA) is 100 Å². The maximum Gasteiger partial charge on any atom is 0.335 e. The van der Waals surface area contributed by atoms with E-state index in [9.17, 15) is 14.0 Å². The fourth-order valence-corrected chi connectivity index (χ4v) is 5.61. The van der Waals surface area contributed by atoms with E-state index in [1.165, 1.54) is 22.6 Å². The molecule has 1 heterocycles. The van der Waals surface area contributed by atoms with E-state index in [0.29, 0.717) is 32.9 Å². The van der Waals surface area contributed by atoms with Crippen LogP contribution in [0.1, 0.15) is 41.6 Å². The molecule has 0 aromatic heterocycles. The summed E-state index contributed by atoms with van der Waals surface area (Å²) in [5.74, 6) is 0.536. The van der Waals surface area contributed by atoms with E-state index < -0.39 is 18.2 Å². The highest BCUT2D eigenvalue weighted by atomic mass is 35.5. The van der Waals surface area contributed by atoms with Gasteiger partial charge in [0.25, 0.3) is 0 Å². The molecule has 2 aliphatic rings. The molecule has 2 fully saturated rings. The zero-order valence-corrected chi connectivity index (χ0v) is 25.1. The number of ether oxygens (including phenoxy) is 2. The number of nitrogens with one attached hydrogen (secondary N) is 2. The highest BCUT2D eigenvalue weighted by Gasteiger charge is 2.35. The van der Waals surface area contributed by atoms with Gasteiger partial charge < -0.3 is 30.1 Å². The van der Waals surface area contributed by atoms with Crippen LogP contribution in [0.2, 0.25) is 10.0 Å². The number of carbonyl (C=O) groups is 2. The number of anilines is 2. The Bertz CT molecular complexity index is 1510. The molecular weight excluding hydrogens is 596 g/mol. The zero-order valence-electron chi connectivity index (χ0n) is 23.5. The molecule has 2 unspecified atom stereocenters. The number of amides is 1. The molecule has 0 spiro atoms. The molecule has 1 saturated heterocycles. The number of nitrogens with zero attached hydrogens (tertiary/aromatic N) is 1. The highest BCUT2D eigenvalue weighted by Crippen LogP contribution is 2.37. The molecular formula is C32H32Cl2FN3O5. The van der Waals surface area contributed by atoms with Gasteiger partial charge in [-0.1, -0.05) is 35.3 Å². The monoisotopic (exact) mass is 627 g/mol. The molecule has 2 atom stereocenters. The summed E-state index contributed by atoms with van der Waals surface area (Å²) in [5.41, 5.74) is 3.38. The van der Waals surface area contributed by atoms with Crippen LogP contribution in [0.25, 0.3) is 0 Å². The maximum atomic E-state index is 14.4. The molecule has 1 aliphatic carbocycles. The standard InChI is InChI=1S/C32H32Cl2FN3O5/c1-42-28-14-19(8-13-27(28)36-31(20-4-2-5-20)37-30-25(33)6-3-7-26(30)34)15-29(39)38-17-22(35)16-23(38)18-43-24-11-9-21(10-12-24)32(40)41/h3,6-14,22-23,36-37H,2,4-5,15-18H2,1H3,(H,40,41). The van der Waals surface area contributed by atoms with Crippen molar-refractivity contribution in [2.45, 2.75) is 44.3 Å². The summed E-state index contributed by atoms with van der Waals surface area (Å²) in [6.45, 7) is 0.0967. The molecule has 0 radical (unpaired) electrons. The molecule has 8 nitrogen and oxygen atoms in total. The summed E-state index contributed by atoms with van der Waals surface area (Å²) >= 11 is 12.8. The van der Waals surface area contributed by atoms with Crippen LogP contribution in [0.3, 0.4) is 0 Å². The summed E-state index contributed by atoms with van der Waals surface area (Å²) < 4.78 is 25.9. The van der Waals surface area contributed by atoms with Crippen LogP contribution in [0.15, 0.2) is 72.1 Å². The minimum atomic E-state index is -1.15. The number of para-hydroxylation sites is 1. The van der Waals surface area contributed by atoms with Crippen molar-refractivity contribution in [3.05, 3.63) is 93.2 Å². The number of methoxy groups -OCH3 is 1. The van der Waals surface area contributed by atoms with Gasteiger partial charge in [-0.05, 0) is 78.9 Å². The first-order valence-corrected chi connectivity index (χ1v) is 14.7. The lowest BCUT2D eigenvalue weighted by atomic mass is 9.92. The van der Waals surface area contributed by atoms with Crippen molar-refractivity contribution in [1.29, 1.82) is 0 Å². The second-order valence-electron chi connectivity index (χ2n) is 10.6. The third-order valence-corrected chi connectivity index (χ3v) is 8.26. The first-order chi connectivity index (χ1) is 20.7. The van der Waals surface area contributed by atoms with Crippen LogP contribution in [-0.4, -0.2) is 54.4 Å². The molecule has 226 valence electrons. The smallest absolute Gasteiger partial charge is 0.335 e. The van der Waals surface area contributed by atoms with Crippen LogP contribution < -0.4 is 20.1 Å². The third kappa shape index (κ3) is 7.35. The van der Waals surface area contributed by atoms with Gasteiger partial charge in [0.2, 0.25) is 5.91 Å². The lowest BCUT2D eigenvalue weighted by molar-refractivity contribution is -0.132. The van der Waals surface area contributed by atoms with Gasteiger partial charge in [0.05, 0.1) is 53.1 Å². The third-order valence-electron chi connectivity index (χ3n) is 7.63. The Morgan fingerprint density at radius 3 is 2.40 bits per heavy atom. The number of allylic oxidation sites excluding steroid dienone is 1. The number of rotatable bonds is 11. The Hall–Kier alpha value is -3.95. The number of likely N-dealkylation sites (tertiary alicyclic amines) is 1. The molecule has 3 aromatic carbocycles. The summed E-state index contributed by atoms with van der Waals surface area (Å²) in [6.07, 6.45) is 2.06. The largest absolute Gasteiger partial charge is 0.495 e. The van der Waals surface area contributed by atoms with Crippen LogP contribution in [0, 0.1) is 0 Å². The number of benzene rings is 3. The van der Waals surface area contributed by atoms with Gasteiger partial charge in [-0.2, -0.15) is 0 Å². The number of hydrogen-bond acceptors (Lipinski definition) is 6. The lowest BCUT2D eigenvalue weighted by Crippen LogP contribution is -2.40. The fraction of sp³-hybridized carbons (Fsp3) is 0.312. The maximum absolute atomic E-state index is 14.4. The van der Waals surface area contributed by atoms with Gasteiger partial charge in [-0.3, -0.25) is 4.79 Å². The van der Waals surface area contributed by atoms with Crippen molar-refractivity contribution >= 4 is 46.5 Å². The SMILES string of the molecule is COc1cc(CC(=O)N2CC(F)CC2COc2ccc(C(=O)O)cc2)ccc1NC(Nc1c(Cl)cccc1Cl)=C1CCC1. The minimum Gasteiger partial charge on any atom is -0.495 e. The predicted octanol–water partition coefficient (Wildman–Crippen LogP) is 7.18. The summed E-state index contributed by atoms with van der Waals surface area (Å²) in [6, 6.07) is 16.3. The Labute approximate surface area is 259 Å². The van der Waals surface area contributed by atoms with Crippen molar-refractivity contribution in [2.75, 3.05) is 30.9 Å². The molecule has 5 rings (SSSR count). The summed E-state index contributed by atoms with van der Waals surface area (Å²) in [5, 5.41) is 16.9. The van der Waals surface area contributed by atoms with E-state index in [1.54, 1.807) is 43.5 Å². The Kier molecular flexibility index (Phi) is 9.62. The van der Waals surface area contributed by atoms with Gasteiger partial charge in [-0.15, -0.1) is 0 Å². The Morgan fingerprint density at radius 2 is 1.77 bits per heavy atom. The van der Waals surface area contributed by atoms with Crippen LogP contribution in [-0.2, 0) is 11.2 Å². The van der Waals surface area contributed by atoms with Gasteiger partial charge >= 0.3 is 5.97 Å². The van der Waals surface area contributed by atoms with Crippen LogP contribution in [0.5, 0.6) is 11.5 Å². The van der Waals surface area contributed by atoms with Crippen molar-refractivity contribution in [1.82, 2.24) is 4.90 Å². The number of hydrogen-bond donors (Lipinski definition) is 3. The number of carbonyl (C=O) groups excluding carboxylic acids is 1. The van der Waals surface area contributed by atoms with Crippen molar-refractivity contribution in [3.63, 3.8) is 0 Å². The van der Waals surface area contributed by atoms with Gasteiger partial charge in [0, 0.05) is 6.42 Å².